The number of benzene rings is 2. The Kier molecular flexibility index (Phi) is 4.05. The molecule has 0 bridgehead atoms. The molecule has 1 fully saturated rings. The summed E-state index contributed by atoms with van der Waals surface area (Å²) in [6, 6.07) is 14.3. The largest absolute Gasteiger partial charge is 0.343 e. The topological polar surface area (TPSA) is 42.3 Å². The summed E-state index contributed by atoms with van der Waals surface area (Å²) < 4.78 is 15.4. The van der Waals surface area contributed by atoms with Gasteiger partial charge in [0, 0.05) is 23.6 Å². The van der Waals surface area contributed by atoms with Crippen LogP contribution in [-0.2, 0) is 17.9 Å². The van der Waals surface area contributed by atoms with Crippen LogP contribution in [0.15, 0.2) is 54.7 Å². The van der Waals surface area contributed by atoms with Gasteiger partial charge in [-0.3, -0.25) is 14.5 Å². The lowest BCUT2D eigenvalue weighted by atomic mass is 10.1. The summed E-state index contributed by atoms with van der Waals surface area (Å²) in [5.41, 5.74) is 2.80. The van der Waals surface area contributed by atoms with Crippen LogP contribution in [0.3, 0.4) is 0 Å². The van der Waals surface area contributed by atoms with Gasteiger partial charge in [-0.15, -0.1) is 0 Å². The van der Waals surface area contributed by atoms with Crippen molar-refractivity contribution < 1.29 is 14.0 Å². The van der Waals surface area contributed by atoms with Crippen LogP contribution in [-0.4, -0.2) is 26.4 Å². The van der Waals surface area contributed by atoms with Gasteiger partial charge in [0.25, 0.3) is 5.24 Å². The van der Waals surface area contributed by atoms with Crippen LogP contribution in [0.5, 0.6) is 0 Å². The maximum absolute atomic E-state index is 13.4. The van der Waals surface area contributed by atoms with Crippen LogP contribution in [0.2, 0.25) is 0 Å². The Bertz CT molecular complexity index is 966. The second-order valence-corrected chi connectivity index (χ2v) is 6.88. The summed E-state index contributed by atoms with van der Waals surface area (Å²) in [6.45, 7) is 0.841. The molecule has 1 saturated heterocycles. The molecule has 1 aliphatic rings. The predicted molar refractivity (Wildman–Crippen MR) is 95.8 cm³/mol. The summed E-state index contributed by atoms with van der Waals surface area (Å²) in [5.74, 6) is -0.181. The third kappa shape index (κ3) is 3.05. The molecule has 1 aromatic heterocycles. The molecule has 0 unspecified atom stereocenters. The first-order valence-corrected chi connectivity index (χ1v) is 8.89. The van der Waals surface area contributed by atoms with E-state index in [1.807, 2.05) is 41.1 Å². The number of carbonyl (C=O) groups is 2. The van der Waals surface area contributed by atoms with E-state index in [1.54, 1.807) is 6.07 Å². The molecule has 6 heteroatoms. The fourth-order valence-corrected chi connectivity index (χ4v) is 3.82. The fraction of sp³-hybridized carbons (Fsp3) is 0.158. The smallest absolute Gasteiger partial charge is 0.289 e. The van der Waals surface area contributed by atoms with E-state index in [2.05, 4.69) is 0 Å². The van der Waals surface area contributed by atoms with E-state index in [1.165, 1.54) is 17.0 Å². The number of nitrogens with zero attached hydrogens (tertiary/aromatic N) is 2. The van der Waals surface area contributed by atoms with Crippen molar-refractivity contribution in [2.75, 3.05) is 5.75 Å². The van der Waals surface area contributed by atoms with Crippen molar-refractivity contribution >= 4 is 33.8 Å². The minimum Gasteiger partial charge on any atom is -0.343 e. The Labute approximate surface area is 148 Å². The van der Waals surface area contributed by atoms with Gasteiger partial charge in [-0.2, -0.15) is 0 Å². The first kappa shape index (κ1) is 15.9. The molecular weight excluding hydrogens is 339 g/mol. The Balaban J connectivity index is 1.66. The van der Waals surface area contributed by atoms with Crippen LogP contribution in [0.1, 0.15) is 11.1 Å². The van der Waals surface area contributed by atoms with Gasteiger partial charge in [-0.05, 0) is 35.4 Å². The van der Waals surface area contributed by atoms with Gasteiger partial charge in [-0.1, -0.05) is 36.0 Å². The number of fused-ring (bicyclic) bond motifs is 1. The second kappa shape index (κ2) is 6.37. The molecule has 2 aromatic carbocycles. The standard InChI is InChI=1S/C19H15FN2O2S/c20-15-5-1-3-13(9-15)10-21-8-7-16-14(4-2-6-17(16)21)11-22-18(23)12-25-19(22)24/h1-9H,10-12H2. The molecule has 4 nitrogen and oxygen atoms in total. The Morgan fingerprint density at radius 2 is 1.88 bits per heavy atom. The van der Waals surface area contributed by atoms with E-state index < -0.39 is 0 Å². The molecule has 3 aromatic rings. The van der Waals surface area contributed by atoms with E-state index in [-0.39, 0.29) is 29.3 Å². The molecule has 0 saturated carbocycles. The highest BCUT2D eigenvalue weighted by molar-refractivity contribution is 8.14. The number of halogens is 1. The third-order valence-electron chi connectivity index (χ3n) is 4.31. The molecule has 0 spiro atoms. The third-order valence-corrected chi connectivity index (χ3v) is 5.17. The molecule has 2 amide bonds. The zero-order chi connectivity index (χ0) is 17.4. The van der Waals surface area contributed by atoms with Crippen molar-refractivity contribution in [1.29, 1.82) is 0 Å². The van der Waals surface area contributed by atoms with Gasteiger partial charge in [0.05, 0.1) is 12.3 Å². The van der Waals surface area contributed by atoms with Crippen molar-refractivity contribution in [2.24, 2.45) is 0 Å². The number of hydrogen-bond acceptors (Lipinski definition) is 3. The highest BCUT2D eigenvalue weighted by atomic mass is 32.2. The molecule has 1 aliphatic heterocycles. The van der Waals surface area contributed by atoms with Crippen LogP contribution in [0.4, 0.5) is 9.18 Å². The molecule has 4 rings (SSSR count). The number of carbonyl (C=O) groups excluding carboxylic acids is 2. The Hall–Kier alpha value is -2.60. The molecule has 0 radical (unpaired) electrons. The first-order valence-electron chi connectivity index (χ1n) is 7.90. The first-order chi connectivity index (χ1) is 12.1. The SMILES string of the molecule is O=C1CSC(=O)N1Cc1cccc2c1ccn2Cc1cccc(F)c1. The number of rotatable bonds is 4. The van der Waals surface area contributed by atoms with Crippen molar-refractivity contribution in [3.63, 3.8) is 0 Å². The summed E-state index contributed by atoms with van der Waals surface area (Å²) in [6.07, 6.45) is 1.95. The Morgan fingerprint density at radius 3 is 2.64 bits per heavy atom. The van der Waals surface area contributed by atoms with E-state index >= 15 is 0 Å². The highest BCUT2D eigenvalue weighted by Gasteiger charge is 2.30. The average molecular weight is 354 g/mol. The van der Waals surface area contributed by atoms with Crippen molar-refractivity contribution in [1.82, 2.24) is 9.47 Å². The van der Waals surface area contributed by atoms with E-state index in [9.17, 15) is 14.0 Å². The molecule has 126 valence electrons. The van der Waals surface area contributed by atoms with Gasteiger partial charge in [0.2, 0.25) is 5.91 Å². The molecule has 0 atom stereocenters. The van der Waals surface area contributed by atoms with Gasteiger partial charge in [0.15, 0.2) is 0 Å². The van der Waals surface area contributed by atoms with Crippen molar-refractivity contribution in [3.8, 4) is 0 Å². The van der Waals surface area contributed by atoms with Gasteiger partial charge < -0.3 is 4.57 Å². The van der Waals surface area contributed by atoms with Gasteiger partial charge >= 0.3 is 0 Å². The van der Waals surface area contributed by atoms with Crippen LogP contribution >= 0.6 is 11.8 Å². The highest BCUT2D eigenvalue weighted by Crippen LogP contribution is 2.26. The zero-order valence-corrected chi connectivity index (χ0v) is 14.1. The summed E-state index contributed by atoms with van der Waals surface area (Å²) >= 11 is 1.04. The molecule has 0 aliphatic carbocycles. The number of aromatic nitrogens is 1. The minimum atomic E-state index is -0.252. The average Bonchev–Trinajstić information content (AvgIpc) is 3.14. The normalized spacial score (nSPS) is 14.7. The van der Waals surface area contributed by atoms with E-state index in [0.29, 0.717) is 6.54 Å². The van der Waals surface area contributed by atoms with Gasteiger partial charge in [0.1, 0.15) is 5.82 Å². The monoisotopic (exact) mass is 354 g/mol. The fourth-order valence-electron chi connectivity index (χ4n) is 3.10. The second-order valence-electron chi connectivity index (χ2n) is 5.96. The van der Waals surface area contributed by atoms with Crippen LogP contribution < -0.4 is 0 Å². The number of hydrogen-bond donors (Lipinski definition) is 0. The maximum atomic E-state index is 13.4. The van der Waals surface area contributed by atoms with E-state index in [0.717, 1.165) is 33.8 Å². The van der Waals surface area contributed by atoms with Crippen LogP contribution in [0.25, 0.3) is 10.9 Å². The number of amides is 2. The lowest BCUT2D eigenvalue weighted by Crippen LogP contribution is -2.27. The Morgan fingerprint density at radius 1 is 1.04 bits per heavy atom. The predicted octanol–water partition coefficient (Wildman–Crippen LogP) is 4.02. The molecule has 25 heavy (non-hydrogen) atoms. The number of thioether (sulfide) groups is 1. The molecule has 2 heterocycles. The molecule has 0 N–H and O–H groups in total. The van der Waals surface area contributed by atoms with E-state index in [4.69, 9.17) is 0 Å². The lowest BCUT2D eigenvalue weighted by molar-refractivity contribution is -0.124. The maximum Gasteiger partial charge on any atom is 0.289 e. The van der Waals surface area contributed by atoms with Gasteiger partial charge in [-0.25, -0.2) is 4.39 Å². The number of imide groups is 1. The summed E-state index contributed by atoms with van der Waals surface area (Å²) in [4.78, 5) is 25.0. The summed E-state index contributed by atoms with van der Waals surface area (Å²) in [5, 5.41) is 0.803. The zero-order valence-electron chi connectivity index (χ0n) is 13.3. The lowest BCUT2D eigenvalue weighted by Gasteiger charge is -2.14. The van der Waals surface area contributed by atoms with Crippen molar-refractivity contribution in [2.45, 2.75) is 13.1 Å². The molecular formula is C19H15FN2O2S. The van der Waals surface area contributed by atoms with Crippen LogP contribution in [0, 0.1) is 5.82 Å². The quantitative estimate of drug-likeness (QED) is 0.711. The minimum absolute atomic E-state index is 0.147. The summed E-state index contributed by atoms with van der Waals surface area (Å²) in [7, 11) is 0. The van der Waals surface area contributed by atoms with Crippen molar-refractivity contribution in [3.05, 3.63) is 71.7 Å².